The summed E-state index contributed by atoms with van der Waals surface area (Å²) in [6.07, 6.45) is 2.13. The van der Waals surface area contributed by atoms with E-state index < -0.39 is 0 Å². The highest BCUT2D eigenvalue weighted by atomic mass is 35.5. The average Bonchev–Trinajstić information content (AvgIpc) is 2.81. The molecule has 1 aromatic carbocycles. The molecule has 0 fully saturated rings. The van der Waals surface area contributed by atoms with Crippen LogP contribution in [0, 0.1) is 6.92 Å². The molecule has 1 aromatic heterocycles. The van der Waals surface area contributed by atoms with Crippen LogP contribution in [-0.4, -0.2) is 33.6 Å². The Morgan fingerprint density at radius 2 is 2.23 bits per heavy atom. The van der Waals surface area contributed by atoms with E-state index in [0.717, 1.165) is 16.1 Å². The molecular weight excluding hydrogens is 328 g/mol. The Kier molecular flexibility index (Phi) is 6.25. The van der Waals surface area contributed by atoms with Crippen molar-refractivity contribution in [3.63, 3.8) is 0 Å². The van der Waals surface area contributed by atoms with Gasteiger partial charge in [0.05, 0.1) is 23.9 Å². The van der Waals surface area contributed by atoms with E-state index in [9.17, 15) is 0 Å². The molecule has 0 aliphatic heterocycles. The topological polar surface area (TPSA) is 90.2 Å². The van der Waals surface area contributed by atoms with Gasteiger partial charge in [0.1, 0.15) is 0 Å². The van der Waals surface area contributed by atoms with Gasteiger partial charge in [-0.1, -0.05) is 29.8 Å². The molecule has 0 atom stereocenters. The first-order chi connectivity index (χ1) is 10.6. The van der Waals surface area contributed by atoms with E-state index in [0.29, 0.717) is 16.6 Å². The van der Waals surface area contributed by atoms with Crippen molar-refractivity contribution in [2.24, 2.45) is 5.10 Å². The van der Waals surface area contributed by atoms with Gasteiger partial charge in [0.15, 0.2) is 0 Å². The maximum absolute atomic E-state index is 8.46. The van der Waals surface area contributed by atoms with E-state index in [1.165, 1.54) is 11.3 Å². The minimum Gasteiger partial charge on any atom is -0.266 e. The van der Waals surface area contributed by atoms with Crippen molar-refractivity contribution in [2.45, 2.75) is 13.3 Å². The van der Waals surface area contributed by atoms with Crippen molar-refractivity contribution in [1.82, 2.24) is 10.4 Å². The third-order valence-electron chi connectivity index (χ3n) is 2.70. The van der Waals surface area contributed by atoms with Crippen LogP contribution in [0.1, 0.15) is 16.1 Å². The largest absolute Gasteiger partial charge is 0.266 e. The molecule has 0 saturated heterocycles. The van der Waals surface area contributed by atoms with Gasteiger partial charge in [0.2, 0.25) is 5.13 Å². The Hall–Kier alpha value is -1.55. The van der Waals surface area contributed by atoms with Crippen molar-refractivity contribution >= 4 is 34.3 Å². The molecule has 2 aromatic rings. The second-order valence-electron chi connectivity index (χ2n) is 4.26. The van der Waals surface area contributed by atoms with E-state index in [1.807, 2.05) is 25.1 Å². The molecule has 118 valence electrons. The van der Waals surface area contributed by atoms with Crippen molar-refractivity contribution in [2.75, 3.05) is 12.0 Å². The number of rotatable bonds is 7. The van der Waals surface area contributed by atoms with Gasteiger partial charge in [-0.2, -0.15) is 5.10 Å². The lowest BCUT2D eigenvalue weighted by atomic mass is 10.2. The standard InChI is InChI=1S/C13H15ClN4O3S/c1-9-12(6-7-21-18(19)20)22-13(16-9)17-15-8-10-4-2-3-5-11(10)14/h2-5,8,19-20H,6-7H2,1H3,(H,16,17). The van der Waals surface area contributed by atoms with Gasteiger partial charge >= 0.3 is 0 Å². The fourth-order valence-electron chi connectivity index (χ4n) is 1.66. The molecule has 7 nitrogen and oxygen atoms in total. The highest BCUT2D eigenvalue weighted by Crippen LogP contribution is 2.23. The number of hydrogen-bond acceptors (Lipinski definition) is 8. The number of nitrogens with one attached hydrogen (secondary N) is 1. The molecule has 3 N–H and O–H groups in total. The Bertz CT molecular complexity index is 648. The first-order valence-electron chi connectivity index (χ1n) is 6.37. The second kappa shape index (κ2) is 8.18. The van der Waals surface area contributed by atoms with E-state index in [2.05, 4.69) is 20.3 Å². The molecule has 0 unspecified atom stereocenters. The van der Waals surface area contributed by atoms with Crippen LogP contribution in [0.4, 0.5) is 5.13 Å². The lowest BCUT2D eigenvalue weighted by molar-refractivity contribution is -0.492. The summed E-state index contributed by atoms with van der Waals surface area (Å²) in [6, 6.07) is 7.38. The molecule has 9 heteroatoms. The number of benzene rings is 1. The monoisotopic (exact) mass is 342 g/mol. The van der Waals surface area contributed by atoms with Gasteiger partial charge in [-0.05, 0) is 13.0 Å². The Morgan fingerprint density at radius 1 is 1.45 bits per heavy atom. The maximum Gasteiger partial charge on any atom is 0.203 e. The smallest absolute Gasteiger partial charge is 0.203 e. The van der Waals surface area contributed by atoms with E-state index in [1.54, 1.807) is 12.3 Å². The molecule has 0 radical (unpaired) electrons. The number of hydrogen-bond donors (Lipinski definition) is 3. The predicted molar refractivity (Wildman–Crippen MR) is 84.6 cm³/mol. The number of nitrogens with zero attached hydrogens (tertiary/aromatic N) is 3. The molecule has 0 aliphatic rings. The van der Waals surface area contributed by atoms with Gasteiger partial charge < -0.3 is 0 Å². The molecule has 22 heavy (non-hydrogen) atoms. The third-order valence-corrected chi connectivity index (χ3v) is 4.16. The van der Waals surface area contributed by atoms with Crippen molar-refractivity contribution in [1.29, 1.82) is 0 Å². The van der Waals surface area contributed by atoms with Crippen LogP contribution in [0.2, 0.25) is 5.02 Å². The summed E-state index contributed by atoms with van der Waals surface area (Å²) in [5.41, 5.74) is 4.50. The fourth-order valence-corrected chi connectivity index (χ4v) is 2.74. The van der Waals surface area contributed by atoms with Crippen LogP contribution in [-0.2, 0) is 11.3 Å². The van der Waals surface area contributed by atoms with Gasteiger partial charge in [-0.3, -0.25) is 20.7 Å². The summed E-state index contributed by atoms with van der Waals surface area (Å²) in [6.45, 7) is 2.00. The normalized spacial score (nSPS) is 11.5. The zero-order valence-electron chi connectivity index (χ0n) is 11.7. The van der Waals surface area contributed by atoms with Crippen LogP contribution in [0.5, 0.6) is 0 Å². The van der Waals surface area contributed by atoms with Crippen LogP contribution in [0.3, 0.4) is 0 Å². The molecular formula is C13H15ClN4O3S. The van der Waals surface area contributed by atoms with Gasteiger partial charge in [-0.25, -0.2) is 4.98 Å². The van der Waals surface area contributed by atoms with Gasteiger partial charge in [0, 0.05) is 21.9 Å². The highest BCUT2D eigenvalue weighted by molar-refractivity contribution is 7.15. The summed E-state index contributed by atoms with van der Waals surface area (Å²) in [5, 5.41) is 22.0. The number of aryl methyl sites for hydroxylation is 1. The number of anilines is 1. The number of hydrazone groups is 1. The van der Waals surface area contributed by atoms with Crippen molar-refractivity contribution < 1.29 is 15.3 Å². The molecule has 2 rings (SSSR count). The quantitative estimate of drug-likeness (QED) is 0.529. The second-order valence-corrected chi connectivity index (χ2v) is 5.75. The van der Waals surface area contributed by atoms with Crippen molar-refractivity contribution in [3.05, 3.63) is 45.4 Å². The Labute approximate surface area is 136 Å². The number of thiazole rings is 1. The molecule has 0 amide bonds. The summed E-state index contributed by atoms with van der Waals surface area (Å²) >= 11 is 7.45. The van der Waals surface area contributed by atoms with Gasteiger partial charge in [-0.15, -0.1) is 11.3 Å². The molecule has 1 heterocycles. The third kappa shape index (κ3) is 5.02. The number of halogens is 1. The summed E-state index contributed by atoms with van der Waals surface area (Å²) in [7, 11) is 0. The van der Waals surface area contributed by atoms with E-state index in [4.69, 9.17) is 22.0 Å². The molecule has 0 saturated carbocycles. The van der Waals surface area contributed by atoms with E-state index in [-0.39, 0.29) is 12.0 Å². The first kappa shape index (κ1) is 16.8. The zero-order chi connectivity index (χ0) is 15.9. The highest BCUT2D eigenvalue weighted by Gasteiger charge is 2.07. The van der Waals surface area contributed by atoms with Gasteiger partial charge in [0.25, 0.3) is 0 Å². The predicted octanol–water partition coefficient (Wildman–Crippen LogP) is 3.11. The van der Waals surface area contributed by atoms with Crippen LogP contribution >= 0.6 is 22.9 Å². The Balaban J connectivity index is 1.92. The molecule has 0 spiro atoms. The minimum absolute atomic E-state index is 0.137. The average molecular weight is 343 g/mol. The zero-order valence-corrected chi connectivity index (χ0v) is 13.3. The summed E-state index contributed by atoms with van der Waals surface area (Å²) in [5.74, 6) is 0. The molecule has 0 aliphatic carbocycles. The van der Waals surface area contributed by atoms with Crippen LogP contribution in [0.25, 0.3) is 0 Å². The Morgan fingerprint density at radius 3 is 2.95 bits per heavy atom. The fraction of sp³-hybridized carbons (Fsp3) is 0.231. The minimum atomic E-state index is -0.302. The number of aromatic nitrogens is 1. The summed E-state index contributed by atoms with van der Waals surface area (Å²) in [4.78, 5) is 9.82. The first-order valence-corrected chi connectivity index (χ1v) is 7.56. The van der Waals surface area contributed by atoms with E-state index >= 15 is 0 Å². The van der Waals surface area contributed by atoms with Crippen molar-refractivity contribution in [3.8, 4) is 0 Å². The van der Waals surface area contributed by atoms with Crippen LogP contribution < -0.4 is 5.43 Å². The molecule has 0 bridgehead atoms. The maximum atomic E-state index is 8.46. The lowest BCUT2D eigenvalue weighted by Crippen LogP contribution is -2.16. The summed E-state index contributed by atoms with van der Waals surface area (Å²) < 4.78 is 0. The lowest BCUT2D eigenvalue weighted by Gasteiger charge is -2.04. The SMILES string of the molecule is Cc1nc(NN=Cc2ccccc2Cl)sc1CCON(O)O. The van der Waals surface area contributed by atoms with Crippen LogP contribution in [0.15, 0.2) is 29.4 Å².